The van der Waals surface area contributed by atoms with Crippen LogP contribution < -0.4 is 0 Å². The fraction of sp³-hybridized carbons (Fsp3) is 0.357. The molecule has 0 unspecified atom stereocenters. The van der Waals surface area contributed by atoms with E-state index in [1.165, 1.54) is 0 Å². The minimum atomic E-state index is -0.845. The van der Waals surface area contributed by atoms with Gasteiger partial charge in [-0.05, 0) is 36.0 Å². The summed E-state index contributed by atoms with van der Waals surface area (Å²) >= 11 is 0. The number of carboxylic acid groups (broad SMARTS) is 1. The number of allylic oxidation sites excluding steroid dienone is 1. The van der Waals surface area contributed by atoms with Crippen molar-refractivity contribution < 1.29 is 15.0 Å². The standard InChI is InChI=1S/C14H16O3/c1-8(2)13-10-4-3-5-12(15)9(10)6-7-11(13)14(16)17/h3-5,8,15H,6-7H2,1-2H3,(H,16,17). The van der Waals surface area contributed by atoms with Crippen LogP contribution in [-0.2, 0) is 11.2 Å². The Morgan fingerprint density at radius 1 is 1.29 bits per heavy atom. The highest BCUT2D eigenvalue weighted by Crippen LogP contribution is 2.39. The molecule has 0 spiro atoms. The van der Waals surface area contributed by atoms with Crippen LogP contribution in [0, 0.1) is 5.92 Å². The third kappa shape index (κ3) is 1.93. The van der Waals surface area contributed by atoms with E-state index in [0.29, 0.717) is 18.4 Å². The van der Waals surface area contributed by atoms with Gasteiger partial charge in [0, 0.05) is 11.1 Å². The maximum absolute atomic E-state index is 11.2. The molecule has 2 rings (SSSR count). The summed E-state index contributed by atoms with van der Waals surface area (Å²) < 4.78 is 0. The fourth-order valence-corrected chi connectivity index (χ4v) is 2.52. The van der Waals surface area contributed by atoms with Gasteiger partial charge in [-0.1, -0.05) is 26.0 Å². The quantitative estimate of drug-likeness (QED) is 0.824. The summed E-state index contributed by atoms with van der Waals surface area (Å²) in [5.74, 6) is -0.435. The molecule has 1 aliphatic rings. The van der Waals surface area contributed by atoms with Crippen molar-refractivity contribution in [3.63, 3.8) is 0 Å². The molecular weight excluding hydrogens is 216 g/mol. The van der Waals surface area contributed by atoms with E-state index in [1.54, 1.807) is 12.1 Å². The zero-order valence-corrected chi connectivity index (χ0v) is 10.0. The molecule has 1 aromatic carbocycles. The fourth-order valence-electron chi connectivity index (χ4n) is 2.52. The number of hydrogen-bond donors (Lipinski definition) is 2. The second-order valence-corrected chi connectivity index (χ2v) is 4.66. The van der Waals surface area contributed by atoms with E-state index in [2.05, 4.69) is 0 Å². The van der Waals surface area contributed by atoms with Crippen molar-refractivity contribution in [2.24, 2.45) is 5.92 Å². The summed E-state index contributed by atoms with van der Waals surface area (Å²) in [7, 11) is 0. The average Bonchev–Trinajstić information content (AvgIpc) is 2.27. The van der Waals surface area contributed by atoms with Crippen molar-refractivity contribution in [3.8, 4) is 5.75 Å². The number of hydrogen-bond acceptors (Lipinski definition) is 2. The molecule has 0 heterocycles. The molecular formula is C14H16O3. The second kappa shape index (κ2) is 4.24. The number of phenolic OH excluding ortho intramolecular Hbond substituents is 1. The van der Waals surface area contributed by atoms with Crippen molar-refractivity contribution >= 4 is 11.5 Å². The number of rotatable bonds is 2. The SMILES string of the molecule is CC(C)C1=C(C(=O)O)CCc2c(O)cccc21. The Hall–Kier alpha value is -1.77. The number of benzene rings is 1. The number of aromatic hydroxyl groups is 1. The zero-order valence-electron chi connectivity index (χ0n) is 10.0. The Morgan fingerprint density at radius 3 is 2.59 bits per heavy atom. The van der Waals surface area contributed by atoms with Crippen LogP contribution in [-0.4, -0.2) is 16.2 Å². The van der Waals surface area contributed by atoms with Crippen LogP contribution in [0.5, 0.6) is 5.75 Å². The number of aliphatic carboxylic acids is 1. The van der Waals surface area contributed by atoms with Crippen LogP contribution in [0.1, 0.15) is 31.4 Å². The predicted molar refractivity (Wildman–Crippen MR) is 65.8 cm³/mol. The first-order valence-corrected chi connectivity index (χ1v) is 5.80. The summed E-state index contributed by atoms with van der Waals surface area (Å²) in [4.78, 5) is 11.2. The average molecular weight is 232 g/mol. The van der Waals surface area contributed by atoms with Crippen molar-refractivity contribution in [1.82, 2.24) is 0 Å². The van der Waals surface area contributed by atoms with Gasteiger partial charge in [-0.15, -0.1) is 0 Å². The highest BCUT2D eigenvalue weighted by atomic mass is 16.4. The van der Waals surface area contributed by atoms with E-state index >= 15 is 0 Å². The summed E-state index contributed by atoms with van der Waals surface area (Å²) in [5.41, 5.74) is 3.11. The smallest absolute Gasteiger partial charge is 0.331 e. The lowest BCUT2D eigenvalue weighted by Crippen LogP contribution is -2.14. The summed E-state index contributed by atoms with van der Waals surface area (Å²) in [5, 5.41) is 19.0. The summed E-state index contributed by atoms with van der Waals surface area (Å²) in [6.45, 7) is 3.97. The molecule has 0 atom stereocenters. The van der Waals surface area contributed by atoms with E-state index < -0.39 is 5.97 Å². The van der Waals surface area contributed by atoms with Crippen LogP contribution in [0.15, 0.2) is 23.8 Å². The molecule has 0 aromatic heterocycles. The van der Waals surface area contributed by atoms with E-state index in [-0.39, 0.29) is 11.7 Å². The first-order chi connectivity index (χ1) is 8.02. The summed E-state index contributed by atoms with van der Waals surface area (Å²) in [6.07, 6.45) is 1.09. The Labute approximate surface area is 100 Å². The third-order valence-corrected chi connectivity index (χ3v) is 3.23. The number of carboxylic acids is 1. The maximum atomic E-state index is 11.2. The maximum Gasteiger partial charge on any atom is 0.331 e. The van der Waals surface area contributed by atoms with Gasteiger partial charge in [-0.3, -0.25) is 0 Å². The van der Waals surface area contributed by atoms with E-state index in [1.807, 2.05) is 19.9 Å². The molecule has 0 amide bonds. The Bertz CT molecular complexity index is 498. The molecule has 90 valence electrons. The van der Waals surface area contributed by atoms with Gasteiger partial charge in [-0.2, -0.15) is 0 Å². The zero-order chi connectivity index (χ0) is 12.6. The molecule has 0 saturated heterocycles. The van der Waals surface area contributed by atoms with Gasteiger partial charge < -0.3 is 10.2 Å². The molecule has 0 fully saturated rings. The molecule has 0 bridgehead atoms. The van der Waals surface area contributed by atoms with Gasteiger partial charge in [0.05, 0.1) is 0 Å². The Kier molecular flexibility index (Phi) is 2.92. The predicted octanol–water partition coefficient (Wildman–Crippen LogP) is 2.83. The number of fused-ring (bicyclic) bond motifs is 1. The Morgan fingerprint density at radius 2 is 2.00 bits per heavy atom. The van der Waals surface area contributed by atoms with Crippen molar-refractivity contribution in [2.75, 3.05) is 0 Å². The largest absolute Gasteiger partial charge is 0.508 e. The molecule has 1 aromatic rings. The van der Waals surface area contributed by atoms with Crippen LogP contribution in [0.4, 0.5) is 0 Å². The number of carbonyl (C=O) groups is 1. The second-order valence-electron chi connectivity index (χ2n) is 4.66. The van der Waals surface area contributed by atoms with Crippen LogP contribution >= 0.6 is 0 Å². The van der Waals surface area contributed by atoms with Gasteiger partial charge >= 0.3 is 5.97 Å². The van der Waals surface area contributed by atoms with Crippen molar-refractivity contribution in [1.29, 1.82) is 0 Å². The summed E-state index contributed by atoms with van der Waals surface area (Å²) in [6, 6.07) is 5.32. The highest BCUT2D eigenvalue weighted by Gasteiger charge is 2.26. The lowest BCUT2D eigenvalue weighted by atomic mass is 9.80. The van der Waals surface area contributed by atoms with Crippen LogP contribution in [0.25, 0.3) is 5.57 Å². The monoisotopic (exact) mass is 232 g/mol. The highest BCUT2D eigenvalue weighted by molar-refractivity contribution is 5.98. The van der Waals surface area contributed by atoms with E-state index in [0.717, 1.165) is 16.7 Å². The van der Waals surface area contributed by atoms with Gasteiger partial charge in [0.1, 0.15) is 5.75 Å². The van der Waals surface area contributed by atoms with Gasteiger partial charge in [-0.25, -0.2) is 4.79 Å². The van der Waals surface area contributed by atoms with Crippen molar-refractivity contribution in [3.05, 3.63) is 34.9 Å². The lowest BCUT2D eigenvalue weighted by Gasteiger charge is -2.24. The van der Waals surface area contributed by atoms with Gasteiger partial charge in [0.2, 0.25) is 0 Å². The molecule has 0 saturated carbocycles. The first kappa shape index (κ1) is 11.7. The van der Waals surface area contributed by atoms with Crippen LogP contribution in [0.3, 0.4) is 0 Å². The minimum Gasteiger partial charge on any atom is -0.508 e. The van der Waals surface area contributed by atoms with E-state index in [4.69, 9.17) is 0 Å². The molecule has 2 N–H and O–H groups in total. The van der Waals surface area contributed by atoms with Gasteiger partial charge in [0.25, 0.3) is 0 Å². The Balaban J connectivity index is 2.68. The molecule has 17 heavy (non-hydrogen) atoms. The van der Waals surface area contributed by atoms with Crippen LogP contribution in [0.2, 0.25) is 0 Å². The first-order valence-electron chi connectivity index (χ1n) is 5.80. The number of phenols is 1. The molecule has 0 radical (unpaired) electrons. The van der Waals surface area contributed by atoms with Gasteiger partial charge in [0.15, 0.2) is 0 Å². The minimum absolute atomic E-state index is 0.141. The van der Waals surface area contributed by atoms with Crippen molar-refractivity contribution in [2.45, 2.75) is 26.7 Å². The lowest BCUT2D eigenvalue weighted by molar-refractivity contribution is -0.132. The topological polar surface area (TPSA) is 57.5 Å². The third-order valence-electron chi connectivity index (χ3n) is 3.23. The molecule has 3 heteroatoms. The molecule has 0 aliphatic heterocycles. The molecule has 1 aliphatic carbocycles. The normalized spacial score (nSPS) is 15.0. The molecule has 3 nitrogen and oxygen atoms in total. The van der Waals surface area contributed by atoms with E-state index in [9.17, 15) is 15.0 Å².